The van der Waals surface area contributed by atoms with Gasteiger partial charge in [0.05, 0.1) is 0 Å². The summed E-state index contributed by atoms with van der Waals surface area (Å²) in [5.41, 5.74) is 8.02. The van der Waals surface area contributed by atoms with Gasteiger partial charge in [-0.1, -0.05) is 32.0 Å². The van der Waals surface area contributed by atoms with Gasteiger partial charge < -0.3 is 10.6 Å². The second kappa shape index (κ2) is 5.61. The Bertz CT molecular complexity index is 458. The highest BCUT2D eigenvalue weighted by atomic mass is 16.2. The molecule has 19 heavy (non-hydrogen) atoms. The fraction of sp³-hybridized carbons (Fsp3) is 0.533. The summed E-state index contributed by atoms with van der Waals surface area (Å²) in [5.74, 6) is 0.732. The first kappa shape index (κ1) is 13.9. The summed E-state index contributed by atoms with van der Waals surface area (Å²) in [6.45, 7) is 6.37. The molecular weight excluding hydrogens is 238 g/mol. The van der Waals surface area contributed by atoms with Crippen LogP contribution in [0.25, 0.3) is 0 Å². The van der Waals surface area contributed by atoms with Crippen molar-refractivity contribution in [3.05, 3.63) is 29.8 Å². The van der Waals surface area contributed by atoms with Crippen molar-refractivity contribution < 1.29 is 4.79 Å². The number of urea groups is 1. The number of amides is 2. The second-order valence-corrected chi connectivity index (χ2v) is 5.59. The molecule has 104 valence electrons. The van der Waals surface area contributed by atoms with E-state index in [0.717, 1.165) is 12.2 Å². The molecular formula is C15H23N3O. The number of carbonyl (C=O) groups is 1. The van der Waals surface area contributed by atoms with Crippen molar-refractivity contribution in [1.29, 1.82) is 0 Å². The molecule has 4 nitrogen and oxygen atoms in total. The molecule has 1 aromatic carbocycles. The van der Waals surface area contributed by atoms with Crippen LogP contribution in [-0.2, 0) is 0 Å². The van der Waals surface area contributed by atoms with Crippen LogP contribution >= 0.6 is 0 Å². The molecule has 0 spiro atoms. The van der Waals surface area contributed by atoms with E-state index in [0.29, 0.717) is 24.9 Å². The van der Waals surface area contributed by atoms with Gasteiger partial charge in [-0.05, 0) is 24.1 Å². The molecule has 1 heterocycles. The van der Waals surface area contributed by atoms with Gasteiger partial charge in [-0.15, -0.1) is 0 Å². The SMILES string of the molecule is CC(C)c1ccccc1N1CC(CN)CN(C)C1=O. The van der Waals surface area contributed by atoms with Gasteiger partial charge in [0.25, 0.3) is 0 Å². The van der Waals surface area contributed by atoms with E-state index in [1.165, 1.54) is 5.56 Å². The monoisotopic (exact) mass is 261 g/mol. The lowest BCUT2D eigenvalue weighted by Crippen LogP contribution is -2.53. The Morgan fingerprint density at radius 1 is 1.32 bits per heavy atom. The molecule has 0 aliphatic carbocycles. The topological polar surface area (TPSA) is 49.6 Å². The summed E-state index contributed by atoms with van der Waals surface area (Å²) < 4.78 is 0. The van der Waals surface area contributed by atoms with E-state index in [1.54, 1.807) is 4.90 Å². The van der Waals surface area contributed by atoms with Crippen molar-refractivity contribution in [2.45, 2.75) is 19.8 Å². The molecule has 1 saturated heterocycles. The Hall–Kier alpha value is -1.55. The highest BCUT2D eigenvalue weighted by Crippen LogP contribution is 2.30. The summed E-state index contributed by atoms with van der Waals surface area (Å²) >= 11 is 0. The van der Waals surface area contributed by atoms with Gasteiger partial charge in [0, 0.05) is 31.7 Å². The van der Waals surface area contributed by atoms with Crippen LogP contribution in [0, 0.1) is 5.92 Å². The molecule has 2 rings (SSSR count). The third-order valence-corrected chi connectivity index (χ3v) is 3.71. The van der Waals surface area contributed by atoms with Crippen LogP contribution in [0.1, 0.15) is 25.3 Å². The molecule has 0 saturated carbocycles. The van der Waals surface area contributed by atoms with E-state index in [4.69, 9.17) is 5.73 Å². The molecule has 0 bridgehead atoms. The third kappa shape index (κ3) is 2.73. The fourth-order valence-electron chi connectivity index (χ4n) is 2.64. The first-order valence-corrected chi connectivity index (χ1v) is 6.86. The number of benzene rings is 1. The normalized spacial score (nSPS) is 20.3. The molecule has 1 aromatic rings. The quantitative estimate of drug-likeness (QED) is 0.907. The minimum Gasteiger partial charge on any atom is -0.330 e. The number of hydrogen-bond donors (Lipinski definition) is 1. The lowest BCUT2D eigenvalue weighted by Gasteiger charge is -2.39. The van der Waals surface area contributed by atoms with Gasteiger partial charge in [-0.3, -0.25) is 4.90 Å². The number of nitrogens with two attached hydrogens (primary N) is 1. The average molecular weight is 261 g/mol. The maximum atomic E-state index is 12.4. The fourth-order valence-corrected chi connectivity index (χ4v) is 2.64. The number of hydrogen-bond acceptors (Lipinski definition) is 2. The standard InChI is InChI=1S/C15H23N3O/c1-11(2)13-6-4-5-7-14(13)18-10-12(8-16)9-17(3)15(18)19/h4-7,11-12H,8-10,16H2,1-3H3. The number of nitrogens with zero attached hydrogens (tertiary/aromatic N) is 2. The second-order valence-electron chi connectivity index (χ2n) is 5.59. The maximum absolute atomic E-state index is 12.4. The average Bonchev–Trinajstić information content (AvgIpc) is 2.41. The van der Waals surface area contributed by atoms with Crippen LogP contribution in [0.2, 0.25) is 0 Å². The Kier molecular flexibility index (Phi) is 4.10. The molecule has 2 amide bonds. The van der Waals surface area contributed by atoms with Crippen molar-refractivity contribution >= 4 is 11.7 Å². The maximum Gasteiger partial charge on any atom is 0.324 e. The van der Waals surface area contributed by atoms with E-state index in [2.05, 4.69) is 19.9 Å². The summed E-state index contributed by atoms with van der Waals surface area (Å²) in [6, 6.07) is 8.20. The summed E-state index contributed by atoms with van der Waals surface area (Å²) in [7, 11) is 1.84. The molecule has 1 aliphatic heterocycles. The molecule has 2 N–H and O–H groups in total. The van der Waals surface area contributed by atoms with Gasteiger partial charge in [0.1, 0.15) is 0 Å². The molecule has 0 aromatic heterocycles. The largest absolute Gasteiger partial charge is 0.330 e. The third-order valence-electron chi connectivity index (χ3n) is 3.71. The van der Waals surface area contributed by atoms with Crippen LogP contribution in [-0.4, -0.2) is 37.6 Å². The van der Waals surface area contributed by atoms with Gasteiger partial charge in [0.2, 0.25) is 0 Å². The number of para-hydroxylation sites is 1. The lowest BCUT2D eigenvalue weighted by molar-refractivity contribution is 0.194. The predicted molar refractivity (Wildman–Crippen MR) is 78.4 cm³/mol. The van der Waals surface area contributed by atoms with Crippen molar-refractivity contribution in [2.75, 3.05) is 31.6 Å². The number of carbonyl (C=O) groups excluding carboxylic acids is 1. The summed E-state index contributed by atoms with van der Waals surface area (Å²) in [5, 5.41) is 0. The van der Waals surface area contributed by atoms with Gasteiger partial charge in [0.15, 0.2) is 0 Å². The molecule has 1 aliphatic rings. The Morgan fingerprint density at radius 3 is 2.63 bits per heavy atom. The molecule has 0 radical (unpaired) electrons. The zero-order valence-electron chi connectivity index (χ0n) is 12.0. The molecule has 1 atom stereocenters. The van der Waals surface area contributed by atoms with E-state index in [-0.39, 0.29) is 6.03 Å². The molecule has 1 fully saturated rings. The smallest absolute Gasteiger partial charge is 0.324 e. The Labute approximate surface area is 115 Å². The summed E-state index contributed by atoms with van der Waals surface area (Å²) in [4.78, 5) is 16.0. The highest BCUT2D eigenvalue weighted by molar-refractivity contribution is 5.93. The van der Waals surface area contributed by atoms with E-state index >= 15 is 0 Å². The van der Waals surface area contributed by atoms with E-state index in [9.17, 15) is 4.79 Å². The van der Waals surface area contributed by atoms with Crippen molar-refractivity contribution in [2.24, 2.45) is 11.7 Å². The minimum atomic E-state index is 0.0674. The van der Waals surface area contributed by atoms with Crippen molar-refractivity contribution in [3.63, 3.8) is 0 Å². The van der Waals surface area contributed by atoms with Crippen LogP contribution in [0.4, 0.5) is 10.5 Å². The zero-order valence-corrected chi connectivity index (χ0v) is 12.0. The first-order chi connectivity index (χ1) is 9.04. The summed E-state index contributed by atoms with van der Waals surface area (Å²) in [6.07, 6.45) is 0. The van der Waals surface area contributed by atoms with Gasteiger partial charge in [-0.25, -0.2) is 4.79 Å². The van der Waals surface area contributed by atoms with Gasteiger partial charge >= 0.3 is 6.03 Å². The van der Waals surface area contributed by atoms with Crippen molar-refractivity contribution in [1.82, 2.24) is 4.90 Å². The van der Waals surface area contributed by atoms with Gasteiger partial charge in [-0.2, -0.15) is 0 Å². The lowest BCUT2D eigenvalue weighted by atomic mass is 9.98. The van der Waals surface area contributed by atoms with E-state index in [1.807, 2.05) is 30.1 Å². The number of rotatable bonds is 3. The minimum absolute atomic E-state index is 0.0674. The highest BCUT2D eigenvalue weighted by Gasteiger charge is 2.31. The zero-order chi connectivity index (χ0) is 14.0. The van der Waals surface area contributed by atoms with Crippen LogP contribution in [0.5, 0.6) is 0 Å². The van der Waals surface area contributed by atoms with E-state index < -0.39 is 0 Å². The van der Waals surface area contributed by atoms with Crippen LogP contribution in [0.3, 0.4) is 0 Å². The van der Waals surface area contributed by atoms with Crippen LogP contribution in [0.15, 0.2) is 24.3 Å². The Morgan fingerprint density at radius 2 is 2.00 bits per heavy atom. The number of anilines is 1. The first-order valence-electron chi connectivity index (χ1n) is 6.86. The molecule has 1 unspecified atom stereocenters. The van der Waals surface area contributed by atoms with Crippen molar-refractivity contribution in [3.8, 4) is 0 Å². The molecule has 4 heteroatoms. The predicted octanol–water partition coefficient (Wildman–Crippen LogP) is 2.26. The Balaban J connectivity index is 2.36. The van der Waals surface area contributed by atoms with Crippen LogP contribution < -0.4 is 10.6 Å².